The van der Waals surface area contributed by atoms with Gasteiger partial charge in [0.25, 0.3) is 5.56 Å². The highest BCUT2D eigenvalue weighted by atomic mass is 35.5. The van der Waals surface area contributed by atoms with Crippen molar-refractivity contribution in [2.45, 2.75) is 26.4 Å². The smallest absolute Gasteiger partial charge is 0.263 e. The summed E-state index contributed by atoms with van der Waals surface area (Å²) in [6.07, 6.45) is 1.44. The summed E-state index contributed by atoms with van der Waals surface area (Å²) in [6.45, 7) is 3.84. The number of carbonyl (C=O) groups is 1. The van der Waals surface area contributed by atoms with Crippen LogP contribution in [0.15, 0.2) is 52.9 Å². The van der Waals surface area contributed by atoms with Crippen molar-refractivity contribution in [2.75, 3.05) is 0 Å². The first-order valence-electron chi connectivity index (χ1n) is 9.00. The van der Waals surface area contributed by atoms with Crippen molar-refractivity contribution in [3.8, 4) is 10.4 Å². The lowest BCUT2D eigenvalue weighted by atomic mass is 10.1. The highest BCUT2D eigenvalue weighted by molar-refractivity contribution is 7.19. The Morgan fingerprint density at radius 1 is 1.24 bits per heavy atom. The van der Waals surface area contributed by atoms with Crippen molar-refractivity contribution in [1.29, 1.82) is 0 Å². The van der Waals surface area contributed by atoms with E-state index >= 15 is 0 Å². The van der Waals surface area contributed by atoms with E-state index in [0.717, 1.165) is 16.0 Å². The summed E-state index contributed by atoms with van der Waals surface area (Å²) >= 11 is 8.99. The third-order valence-electron chi connectivity index (χ3n) is 4.63. The maximum absolute atomic E-state index is 13.1. The van der Waals surface area contributed by atoms with Gasteiger partial charge >= 0.3 is 0 Å². The second-order valence-corrected chi connectivity index (χ2v) is 9.34. The molecule has 1 atom stereocenters. The van der Waals surface area contributed by atoms with Crippen molar-refractivity contribution >= 4 is 50.4 Å². The second-order valence-electron chi connectivity index (χ2n) is 6.76. The maximum atomic E-state index is 13.1. The van der Waals surface area contributed by atoms with E-state index in [0.29, 0.717) is 15.2 Å². The molecule has 4 rings (SSSR count). The highest BCUT2D eigenvalue weighted by Gasteiger charge is 2.16. The van der Waals surface area contributed by atoms with Crippen molar-refractivity contribution in [1.82, 2.24) is 14.9 Å². The van der Waals surface area contributed by atoms with Gasteiger partial charge in [-0.3, -0.25) is 14.2 Å². The van der Waals surface area contributed by atoms with E-state index in [-0.39, 0.29) is 24.1 Å². The van der Waals surface area contributed by atoms with Crippen LogP contribution in [0.4, 0.5) is 0 Å². The Bertz CT molecular complexity index is 1240. The molecule has 148 valence electrons. The van der Waals surface area contributed by atoms with Crippen LogP contribution in [0.5, 0.6) is 0 Å². The van der Waals surface area contributed by atoms with E-state index in [1.54, 1.807) is 23.5 Å². The molecule has 4 aromatic rings. The number of hydrogen-bond acceptors (Lipinski definition) is 5. The molecule has 0 saturated heterocycles. The molecule has 0 bridgehead atoms. The minimum absolute atomic E-state index is 0.0849. The fourth-order valence-electron chi connectivity index (χ4n) is 3.12. The molecule has 3 aromatic heterocycles. The number of benzene rings is 1. The highest BCUT2D eigenvalue weighted by Crippen LogP contribution is 2.34. The van der Waals surface area contributed by atoms with E-state index in [1.807, 2.05) is 43.5 Å². The molecule has 0 aliphatic heterocycles. The van der Waals surface area contributed by atoms with Gasteiger partial charge < -0.3 is 5.32 Å². The van der Waals surface area contributed by atoms with Gasteiger partial charge in [0.1, 0.15) is 11.4 Å². The van der Waals surface area contributed by atoms with E-state index in [4.69, 9.17) is 11.6 Å². The van der Waals surface area contributed by atoms with E-state index in [9.17, 15) is 9.59 Å². The first kappa shape index (κ1) is 19.8. The lowest BCUT2D eigenvalue weighted by Gasteiger charge is -2.15. The Hall–Kier alpha value is -2.48. The molecule has 0 aliphatic carbocycles. The lowest BCUT2D eigenvalue weighted by Crippen LogP contribution is -2.33. The van der Waals surface area contributed by atoms with E-state index in [1.165, 1.54) is 27.1 Å². The van der Waals surface area contributed by atoms with Gasteiger partial charge in [-0.05, 0) is 43.7 Å². The normalized spacial score (nSPS) is 12.2. The first-order valence-corrected chi connectivity index (χ1v) is 11.1. The summed E-state index contributed by atoms with van der Waals surface area (Å²) in [6, 6.07) is 11.2. The number of nitrogens with zero attached hydrogens (tertiary/aromatic N) is 2. The zero-order valence-electron chi connectivity index (χ0n) is 15.8. The molecule has 0 fully saturated rings. The Morgan fingerprint density at radius 2 is 2.00 bits per heavy atom. The Kier molecular flexibility index (Phi) is 5.54. The molecule has 1 N–H and O–H groups in total. The second kappa shape index (κ2) is 8.10. The van der Waals surface area contributed by atoms with Crippen LogP contribution in [-0.2, 0) is 11.3 Å². The number of rotatable bonds is 5. The molecule has 0 saturated carbocycles. The molecule has 0 aliphatic rings. The number of aryl methyl sites for hydroxylation is 1. The standard InChI is InChI=1S/C21H18ClN3O2S2/c1-12-3-8-17(29-12)16-10-28-20-19(16)21(27)25(11-23-20)9-18(26)24-13(2)14-4-6-15(22)7-5-14/h3-8,10-11,13H,9H2,1-2H3,(H,24,26)/t13-/m0/s1. The summed E-state index contributed by atoms with van der Waals surface area (Å²) < 4.78 is 1.36. The Morgan fingerprint density at radius 3 is 2.69 bits per heavy atom. The number of amides is 1. The van der Waals surface area contributed by atoms with Gasteiger partial charge in [-0.2, -0.15) is 0 Å². The van der Waals surface area contributed by atoms with E-state index < -0.39 is 0 Å². The number of nitrogens with one attached hydrogen (secondary N) is 1. The van der Waals surface area contributed by atoms with Crippen LogP contribution < -0.4 is 10.9 Å². The summed E-state index contributed by atoms with van der Waals surface area (Å²) in [7, 11) is 0. The van der Waals surface area contributed by atoms with Crippen LogP contribution in [0, 0.1) is 6.92 Å². The molecular formula is C21H18ClN3O2S2. The number of thiophene rings is 2. The summed E-state index contributed by atoms with van der Waals surface area (Å²) in [5.41, 5.74) is 1.62. The average Bonchev–Trinajstić information content (AvgIpc) is 3.31. The zero-order valence-corrected chi connectivity index (χ0v) is 18.2. The Labute approximate surface area is 180 Å². The summed E-state index contributed by atoms with van der Waals surface area (Å²) in [4.78, 5) is 32.9. The third kappa shape index (κ3) is 4.12. The van der Waals surface area contributed by atoms with E-state index in [2.05, 4.69) is 10.3 Å². The maximum Gasteiger partial charge on any atom is 0.263 e. The SMILES string of the molecule is Cc1ccc(-c2csc3ncn(CC(=O)N[C@@H](C)c4ccc(Cl)cc4)c(=O)c23)s1. The molecule has 8 heteroatoms. The summed E-state index contributed by atoms with van der Waals surface area (Å²) in [5.74, 6) is -0.251. The largest absolute Gasteiger partial charge is 0.348 e. The molecule has 1 amide bonds. The van der Waals surface area contributed by atoms with Gasteiger partial charge in [-0.25, -0.2) is 4.98 Å². The molecule has 0 radical (unpaired) electrons. The van der Waals surface area contributed by atoms with Gasteiger partial charge in [-0.1, -0.05) is 23.7 Å². The van der Waals surface area contributed by atoms with Gasteiger partial charge in [0.05, 0.1) is 17.8 Å². The minimum atomic E-state index is -0.251. The number of fused-ring (bicyclic) bond motifs is 1. The van der Waals surface area contributed by atoms with Gasteiger partial charge in [-0.15, -0.1) is 22.7 Å². The molecule has 29 heavy (non-hydrogen) atoms. The van der Waals surface area contributed by atoms with Crippen molar-refractivity contribution in [2.24, 2.45) is 0 Å². The fraction of sp³-hybridized carbons (Fsp3) is 0.190. The van der Waals surface area contributed by atoms with Crippen molar-refractivity contribution in [3.05, 3.63) is 73.9 Å². The quantitative estimate of drug-likeness (QED) is 0.470. The van der Waals surface area contributed by atoms with Gasteiger partial charge in [0.15, 0.2) is 0 Å². The monoisotopic (exact) mass is 443 g/mol. The van der Waals surface area contributed by atoms with Crippen LogP contribution in [0.25, 0.3) is 20.7 Å². The predicted octanol–water partition coefficient (Wildman–Crippen LogP) is 5.03. The lowest BCUT2D eigenvalue weighted by molar-refractivity contribution is -0.122. The molecule has 1 aromatic carbocycles. The fourth-order valence-corrected chi connectivity index (χ4v) is 5.11. The van der Waals surface area contributed by atoms with Crippen LogP contribution in [0.1, 0.15) is 23.4 Å². The van der Waals surface area contributed by atoms with Crippen LogP contribution in [0.3, 0.4) is 0 Å². The first-order chi connectivity index (χ1) is 13.9. The molecule has 3 heterocycles. The Balaban J connectivity index is 1.58. The van der Waals surface area contributed by atoms with Crippen molar-refractivity contribution in [3.63, 3.8) is 0 Å². The van der Waals surface area contributed by atoms with Crippen LogP contribution >= 0.6 is 34.3 Å². The molecule has 0 unspecified atom stereocenters. The molecular weight excluding hydrogens is 426 g/mol. The third-order valence-corrected chi connectivity index (χ3v) is 6.80. The van der Waals surface area contributed by atoms with Gasteiger partial charge in [0, 0.05) is 25.7 Å². The topological polar surface area (TPSA) is 64.0 Å². The number of halogens is 1. The van der Waals surface area contributed by atoms with Gasteiger partial charge in [0.2, 0.25) is 5.91 Å². The summed E-state index contributed by atoms with van der Waals surface area (Å²) in [5, 5.41) is 6.09. The van der Waals surface area contributed by atoms with Crippen LogP contribution in [-0.4, -0.2) is 15.5 Å². The van der Waals surface area contributed by atoms with Crippen LogP contribution in [0.2, 0.25) is 5.02 Å². The number of aromatic nitrogens is 2. The zero-order chi connectivity index (χ0) is 20.5. The molecule has 0 spiro atoms. The molecule has 5 nitrogen and oxygen atoms in total. The van der Waals surface area contributed by atoms with Crippen molar-refractivity contribution < 1.29 is 4.79 Å². The number of hydrogen-bond donors (Lipinski definition) is 1. The number of carbonyl (C=O) groups excluding carboxylic acids is 1. The average molecular weight is 444 g/mol. The predicted molar refractivity (Wildman–Crippen MR) is 120 cm³/mol. The minimum Gasteiger partial charge on any atom is -0.348 e.